The molecular formula is C21H24N4O2. The Bertz CT molecular complexity index is 977. The summed E-state index contributed by atoms with van der Waals surface area (Å²) in [7, 11) is 1.76. The molecule has 6 nitrogen and oxygen atoms in total. The highest BCUT2D eigenvalue weighted by Gasteiger charge is 2.23. The molecule has 0 aliphatic carbocycles. The minimum absolute atomic E-state index is 0.195. The van der Waals surface area contributed by atoms with Crippen molar-refractivity contribution in [1.29, 1.82) is 0 Å². The van der Waals surface area contributed by atoms with Gasteiger partial charge in [-0.25, -0.2) is 4.98 Å². The molecule has 140 valence electrons. The van der Waals surface area contributed by atoms with Crippen molar-refractivity contribution < 1.29 is 9.59 Å². The Morgan fingerprint density at radius 3 is 2.63 bits per heavy atom. The van der Waals surface area contributed by atoms with Crippen LogP contribution in [0.5, 0.6) is 0 Å². The second-order valence-electron chi connectivity index (χ2n) is 6.59. The van der Waals surface area contributed by atoms with Gasteiger partial charge in [0.25, 0.3) is 11.8 Å². The number of benzene rings is 1. The van der Waals surface area contributed by atoms with E-state index in [0.29, 0.717) is 12.1 Å². The average molecular weight is 364 g/mol. The molecule has 2 aromatic heterocycles. The standard InChI is InChI=1S/C21H24N4O2/c1-4-5-13-24(3)21(27)19-23-18(17-12-8-9-14-25(17)19)20(26)22-16-11-7-6-10-15(16)2/h6-12,14H,4-5,13H2,1-3H3,(H,22,26). The number of amides is 2. The fourth-order valence-corrected chi connectivity index (χ4v) is 2.92. The van der Waals surface area contributed by atoms with Crippen LogP contribution < -0.4 is 5.32 Å². The molecule has 0 atom stereocenters. The lowest BCUT2D eigenvalue weighted by Gasteiger charge is -2.15. The van der Waals surface area contributed by atoms with Gasteiger partial charge in [-0.1, -0.05) is 37.6 Å². The zero-order chi connectivity index (χ0) is 19.4. The van der Waals surface area contributed by atoms with E-state index in [0.717, 1.165) is 24.1 Å². The van der Waals surface area contributed by atoms with E-state index in [1.165, 1.54) is 0 Å². The smallest absolute Gasteiger partial charge is 0.289 e. The van der Waals surface area contributed by atoms with E-state index >= 15 is 0 Å². The van der Waals surface area contributed by atoms with Crippen molar-refractivity contribution in [2.24, 2.45) is 0 Å². The van der Waals surface area contributed by atoms with Crippen LogP contribution in [0.25, 0.3) is 5.52 Å². The molecule has 0 aliphatic heterocycles. The van der Waals surface area contributed by atoms with Crippen molar-refractivity contribution in [3.63, 3.8) is 0 Å². The molecule has 3 rings (SSSR count). The molecule has 0 fully saturated rings. The number of rotatable bonds is 6. The number of imidazole rings is 1. The SMILES string of the molecule is CCCCN(C)C(=O)c1nc(C(=O)Nc2ccccc2C)c2ccccn12. The zero-order valence-corrected chi connectivity index (χ0v) is 15.9. The number of nitrogens with one attached hydrogen (secondary N) is 1. The fraction of sp³-hybridized carbons (Fsp3) is 0.286. The molecule has 2 heterocycles. The molecule has 0 saturated heterocycles. The van der Waals surface area contributed by atoms with Crippen LogP contribution >= 0.6 is 0 Å². The van der Waals surface area contributed by atoms with Gasteiger partial charge in [0.05, 0.1) is 5.52 Å². The number of fused-ring (bicyclic) bond motifs is 1. The summed E-state index contributed by atoms with van der Waals surface area (Å²) in [5, 5.41) is 2.89. The van der Waals surface area contributed by atoms with Crippen molar-refractivity contribution >= 4 is 23.0 Å². The first kappa shape index (κ1) is 18.6. The van der Waals surface area contributed by atoms with Crippen molar-refractivity contribution in [1.82, 2.24) is 14.3 Å². The van der Waals surface area contributed by atoms with Crippen LogP contribution in [0.2, 0.25) is 0 Å². The van der Waals surface area contributed by atoms with Crippen LogP contribution in [0, 0.1) is 6.92 Å². The van der Waals surface area contributed by atoms with Gasteiger partial charge in [-0.3, -0.25) is 14.0 Å². The predicted molar refractivity (Wildman–Crippen MR) is 106 cm³/mol. The molecule has 3 aromatic rings. The molecule has 0 aliphatic rings. The number of carbonyl (C=O) groups excluding carboxylic acids is 2. The minimum atomic E-state index is -0.330. The molecule has 0 saturated carbocycles. The Morgan fingerprint density at radius 1 is 1.15 bits per heavy atom. The lowest BCUT2D eigenvalue weighted by Crippen LogP contribution is -2.29. The molecule has 0 bridgehead atoms. The normalized spacial score (nSPS) is 10.8. The summed E-state index contributed by atoms with van der Waals surface area (Å²) in [5.74, 6) is -0.276. The maximum absolute atomic E-state index is 12.8. The Morgan fingerprint density at radius 2 is 1.89 bits per heavy atom. The van der Waals surface area contributed by atoms with Crippen LogP contribution in [0.3, 0.4) is 0 Å². The Kier molecular flexibility index (Phi) is 5.54. The van der Waals surface area contributed by atoms with Crippen LogP contribution in [0.4, 0.5) is 5.69 Å². The van der Waals surface area contributed by atoms with Crippen LogP contribution in [-0.4, -0.2) is 39.7 Å². The van der Waals surface area contributed by atoms with Gasteiger partial charge in [0.2, 0.25) is 5.82 Å². The van der Waals surface area contributed by atoms with Gasteiger partial charge in [0, 0.05) is 25.5 Å². The van der Waals surface area contributed by atoms with Crippen molar-refractivity contribution in [2.45, 2.75) is 26.7 Å². The van der Waals surface area contributed by atoms with E-state index in [9.17, 15) is 9.59 Å². The molecular weight excluding hydrogens is 340 g/mol. The molecule has 1 aromatic carbocycles. The van der Waals surface area contributed by atoms with Crippen LogP contribution in [0.1, 0.15) is 46.4 Å². The summed E-state index contributed by atoms with van der Waals surface area (Å²) < 4.78 is 1.68. The average Bonchev–Trinajstić information content (AvgIpc) is 3.07. The highest BCUT2D eigenvalue weighted by molar-refractivity contribution is 6.09. The van der Waals surface area contributed by atoms with Gasteiger partial charge in [0.15, 0.2) is 5.69 Å². The summed E-state index contributed by atoms with van der Waals surface area (Å²) in [5.41, 5.74) is 2.54. The van der Waals surface area contributed by atoms with Crippen LogP contribution in [-0.2, 0) is 0 Å². The molecule has 0 unspecified atom stereocenters. The predicted octanol–water partition coefficient (Wildman–Crippen LogP) is 3.77. The van der Waals surface area contributed by atoms with E-state index in [1.54, 1.807) is 28.6 Å². The largest absolute Gasteiger partial charge is 0.339 e. The van der Waals surface area contributed by atoms with Crippen LogP contribution in [0.15, 0.2) is 48.7 Å². The topological polar surface area (TPSA) is 66.7 Å². The summed E-state index contributed by atoms with van der Waals surface area (Å²) in [6.45, 7) is 4.66. The molecule has 1 N–H and O–H groups in total. The first-order valence-corrected chi connectivity index (χ1v) is 9.12. The van der Waals surface area contributed by atoms with Gasteiger partial charge < -0.3 is 10.2 Å². The lowest BCUT2D eigenvalue weighted by molar-refractivity contribution is 0.0780. The Labute approximate surface area is 158 Å². The third kappa shape index (κ3) is 3.84. The summed E-state index contributed by atoms with van der Waals surface area (Å²) in [6.07, 6.45) is 3.68. The monoisotopic (exact) mass is 364 g/mol. The third-order valence-corrected chi connectivity index (χ3v) is 4.54. The second kappa shape index (κ2) is 8.03. The first-order chi connectivity index (χ1) is 13.0. The summed E-state index contributed by atoms with van der Waals surface area (Å²) in [6, 6.07) is 13.0. The van der Waals surface area contributed by atoms with E-state index in [2.05, 4.69) is 17.2 Å². The fourth-order valence-electron chi connectivity index (χ4n) is 2.92. The highest BCUT2D eigenvalue weighted by atomic mass is 16.2. The van der Waals surface area contributed by atoms with E-state index in [1.807, 2.05) is 43.3 Å². The van der Waals surface area contributed by atoms with Crippen molar-refractivity contribution in [3.05, 3.63) is 65.7 Å². The quantitative estimate of drug-likeness (QED) is 0.724. The maximum Gasteiger partial charge on any atom is 0.289 e. The number of carbonyl (C=O) groups is 2. The molecule has 6 heteroatoms. The minimum Gasteiger partial charge on any atom is -0.339 e. The first-order valence-electron chi connectivity index (χ1n) is 9.12. The zero-order valence-electron chi connectivity index (χ0n) is 15.9. The van der Waals surface area contributed by atoms with Gasteiger partial charge in [-0.05, 0) is 37.1 Å². The highest BCUT2D eigenvalue weighted by Crippen LogP contribution is 2.18. The Balaban J connectivity index is 1.96. The number of para-hydroxylation sites is 1. The van der Waals surface area contributed by atoms with Crippen molar-refractivity contribution in [3.8, 4) is 0 Å². The van der Waals surface area contributed by atoms with E-state index in [4.69, 9.17) is 0 Å². The van der Waals surface area contributed by atoms with Gasteiger partial charge in [-0.15, -0.1) is 0 Å². The number of aromatic nitrogens is 2. The molecule has 2 amide bonds. The number of hydrogen-bond acceptors (Lipinski definition) is 3. The maximum atomic E-state index is 12.8. The van der Waals surface area contributed by atoms with Crippen molar-refractivity contribution in [2.75, 3.05) is 18.9 Å². The molecule has 0 radical (unpaired) electrons. The van der Waals surface area contributed by atoms with Gasteiger partial charge >= 0.3 is 0 Å². The van der Waals surface area contributed by atoms with Gasteiger partial charge in [0.1, 0.15) is 0 Å². The number of hydrogen-bond donors (Lipinski definition) is 1. The molecule has 27 heavy (non-hydrogen) atoms. The number of unbranched alkanes of at least 4 members (excludes halogenated alkanes) is 1. The number of nitrogens with zero attached hydrogens (tertiary/aromatic N) is 3. The third-order valence-electron chi connectivity index (χ3n) is 4.54. The van der Waals surface area contributed by atoms with Gasteiger partial charge in [-0.2, -0.15) is 0 Å². The Hall–Kier alpha value is -3.15. The lowest BCUT2D eigenvalue weighted by atomic mass is 10.2. The van der Waals surface area contributed by atoms with E-state index < -0.39 is 0 Å². The number of anilines is 1. The number of pyridine rings is 1. The summed E-state index contributed by atoms with van der Waals surface area (Å²) in [4.78, 5) is 31.7. The molecule has 0 spiro atoms. The van der Waals surface area contributed by atoms with E-state index in [-0.39, 0.29) is 23.3 Å². The summed E-state index contributed by atoms with van der Waals surface area (Å²) >= 11 is 0. The second-order valence-corrected chi connectivity index (χ2v) is 6.59. The number of aryl methyl sites for hydroxylation is 1.